The number of carbonyl (C=O) groups excluding carboxylic acids is 1. The summed E-state index contributed by atoms with van der Waals surface area (Å²) in [6, 6.07) is 7.29. The number of benzene rings is 1. The van der Waals surface area contributed by atoms with Crippen molar-refractivity contribution in [2.75, 3.05) is 26.7 Å². The molecule has 0 spiro atoms. The molecule has 0 unspecified atom stereocenters. The summed E-state index contributed by atoms with van der Waals surface area (Å²) in [5.74, 6) is -0.534. The van der Waals surface area contributed by atoms with Gasteiger partial charge in [-0.3, -0.25) is 9.20 Å². The maximum Gasteiger partial charge on any atom is 0.387 e. The van der Waals surface area contributed by atoms with Crippen LogP contribution in [0.15, 0.2) is 36.7 Å². The van der Waals surface area contributed by atoms with Crippen LogP contribution in [0.4, 0.5) is 8.78 Å². The molecule has 1 aliphatic carbocycles. The van der Waals surface area contributed by atoms with Crippen molar-refractivity contribution < 1.29 is 23.0 Å². The van der Waals surface area contributed by atoms with Gasteiger partial charge in [-0.1, -0.05) is 6.42 Å². The average molecular weight is 485 g/mol. The minimum Gasteiger partial charge on any atom is -0.496 e. The number of nitrogens with zero attached hydrogens (tertiary/aromatic N) is 3. The number of rotatable bonds is 9. The largest absolute Gasteiger partial charge is 0.496 e. The van der Waals surface area contributed by atoms with Crippen molar-refractivity contribution in [2.45, 2.75) is 51.2 Å². The third kappa shape index (κ3) is 5.40. The molecule has 1 aliphatic heterocycles. The Morgan fingerprint density at radius 1 is 1.17 bits per heavy atom. The van der Waals surface area contributed by atoms with Gasteiger partial charge in [-0.25, -0.2) is 4.98 Å². The molecule has 3 heterocycles. The van der Waals surface area contributed by atoms with E-state index >= 15 is 0 Å². The van der Waals surface area contributed by atoms with Gasteiger partial charge in [0, 0.05) is 24.3 Å². The quantitative estimate of drug-likeness (QED) is 0.483. The number of pyridine rings is 1. The Labute approximate surface area is 203 Å². The number of hydrogen-bond donors (Lipinski definition) is 1. The highest BCUT2D eigenvalue weighted by Gasteiger charge is 2.29. The lowest BCUT2D eigenvalue weighted by Crippen LogP contribution is -2.31. The molecule has 1 saturated carbocycles. The summed E-state index contributed by atoms with van der Waals surface area (Å²) in [5, 5.41) is 2.82. The first-order valence-corrected chi connectivity index (χ1v) is 12.2. The molecule has 3 aromatic rings. The van der Waals surface area contributed by atoms with E-state index in [9.17, 15) is 13.6 Å². The minimum atomic E-state index is -3.08. The van der Waals surface area contributed by atoms with Crippen LogP contribution in [0.5, 0.6) is 11.5 Å². The summed E-state index contributed by atoms with van der Waals surface area (Å²) >= 11 is 0. The molecular formula is C26H30F2N4O3. The van der Waals surface area contributed by atoms with Crippen molar-refractivity contribution in [3.8, 4) is 22.8 Å². The molecular weight excluding hydrogens is 454 g/mol. The second-order valence-electron chi connectivity index (χ2n) is 9.24. The first kappa shape index (κ1) is 23.5. The van der Waals surface area contributed by atoms with E-state index in [2.05, 4.69) is 27.3 Å². The molecule has 2 aliphatic rings. The molecule has 9 heteroatoms. The molecule has 1 N–H and O–H groups in total. The van der Waals surface area contributed by atoms with Gasteiger partial charge in [0.05, 0.1) is 19.0 Å². The number of hydrogen-bond acceptors (Lipinski definition) is 5. The van der Waals surface area contributed by atoms with Crippen LogP contribution >= 0.6 is 0 Å². The molecule has 5 rings (SSSR count). The molecule has 7 nitrogen and oxygen atoms in total. The molecule has 1 amide bonds. The summed E-state index contributed by atoms with van der Waals surface area (Å²) in [5.41, 5.74) is 3.19. The fourth-order valence-corrected chi connectivity index (χ4v) is 4.66. The van der Waals surface area contributed by atoms with E-state index in [-0.39, 0.29) is 23.1 Å². The molecule has 0 atom stereocenters. The molecule has 0 bridgehead atoms. The van der Waals surface area contributed by atoms with Gasteiger partial charge in [-0.2, -0.15) is 8.78 Å². The highest BCUT2D eigenvalue weighted by Crippen LogP contribution is 2.37. The van der Waals surface area contributed by atoms with Gasteiger partial charge in [-0.05, 0) is 75.0 Å². The van der Waals surface area contributed by atoms with Gasteiger partial charge in [0.25, 0.3) is 5.91 Å². The lowest BCUT2D eigenvalue weighted by molar-refractivity contribution is -0.0502. The van der Waals surface area contributed by atoms with Gasteiger partial charge in [-0.15, -0.1) is 0 Å². The van der Waals surface area contributed by atoms with Crippen LogP contribution in [-0.4, -0.2) is 59.6 Å². The van der Waals surface area contributed by atoms with E-state index < -0.39 is 12.5 Å². The standard InChI is InChI=1S/C26H30F2N4O3/c1-34-21-14-18(15-22(35-26(27)28)24(21)25(33)30-19-5-6-19)20-16-29-23-13-17(8-12-32(20)23)7-11-31-9-3-2-4-10-31/h8,12-16,19,26H,2-7,9-11H2,1H3,(H,30,33). The molecule has 35 heavy (non-hydrogen) atoms. The third-order valence-electron chi connectivity index (χ3n) is 6.68. The van der Waals surface area contributed by atoms with E-state index in [0.29, 0.717) is 11.3 Å². The number of carbonyl (C=O) groups is 1. The molecule has 0 radical (unpaired) electrons. The van der Waals surface area contributed by atoms with Crippen LogP contribution in [0.1, 0.15) is 48.0 Å². The van der Waals surface area contributed by atoms with E-state index in [1.165, 1.54) is 38.0 Å². The highest BCUT2D eigenvalue weighted by molar-refractivity contribution is 6.01. The number of methoxy groups -OCH3 is 1. The molecule has 2 aromatic heterocycles. The van der Waals surface area contributed by atoms with Crippen molar-refractivity contribution in [1.82, 2.24) is 19.6 Å². The van der Waals surface area contributed by atoms with E-state index in [4.69, 9.17) is 9.47 Å². The molecule has 2 fully saturated rings. The van der Waals surface area contributed by atoms with Gasteiger partial charge in [0.1, 0.15) is 22.7 Å². The van der Waals surface area contributed by atoms with Gasteiger partial charge >= 0.3 is 6.61 Å². The number of fused-ring (bicyclic) bond motifs is 1. The van der Waals surface area contributed by atoms with E-state index in [1.807, 2.05) is 10.6 Å². The van der Waals surface area contributed by atoms with E-state index in [0.717, 1.165) is 44.5 Å². The Kier molecular flexibility index (Phi) is 6.86. The van der Waals surface area contributed by atoms with Crippen molar-refractivity contribution in [3.63, 3.8) is 0 Å². The average Bonchev–Trinajstić information content (AvgIpc) is 3.57. The van der Waals surface area contributed by atoms with Crippen LogP contribution < -0.4 is 14.8 Å². The molecule has 1 aromatic carbocycles. The zero-order valence-electron chi connectivity index (χ0n) is 19.8. The lowest BCUT2D eigenvalue weighted by Gasteiger charge is -2.26. The summed E-state index contributed by atoms with van der Waals surface area (Å²) in [7, 11) is 1.41. The van der Waals surface area contributed by atoms with Crippen molar-refractivity contribution >= 4 is 11.6 Å². The fourth-order valence-electron chi connectivity index (χ4n) is 4.66. The van der Waals surface area contributed by atoms with Crippen LogP contribution in [0.3, 0.4) is 0 Å². The summed E-state index contributed by atoms with van der Waals surface area (Å²) in [6.45, 7) is 0.275. The Balaban J connectivity index is 1.44. The SMILES string of the molecule is COc1cc(-c2cnc3cc(CCN4CCCCC4)ccn23)cc(OC(F)F)c1C(=O)NC1CC1. The Morgan fingerprint density at radius 3 is 2.66 bits per heavy atom. The molecule has 186 valence electrons. The maximum atomic E-state index is 13.2. The number of likely N-dealkylation sites (tertiary alicyclic amines) is 1. The monoisotopic (exact) mass is 484 g/mol. The predicted octanol–water partition coefficient (Wildman–Crippen LogP) is 4.53. The van der Waals surface area contributed by atoms with Gasteiger partial charge < -0.3 is 19.7 Å². The zero-order chi connectivity index (χ0) is 24.4. The number of imidazole rings is 1. The first-order valence-electron chi connectivity index (χ1n) is 12.2. The van der Waals surface area contributed by atoms with Crippen LogP contribution in [0.25, 0.3) is 16.9 Å². The number of amides is 1. The second-order valence-corrected chi connectivity index (χ2v) is 9.24. The highest BCUT2D eigenvalue weighted by atomic mass is 19.3. The predicted molar refractivity (Wildman–Crippen MR) is 128 cm³/mol. The molecule has 1 saturated heterocycles. The first-order chi connectivity index (χ1) is 17.0. The van der Waals surface area contributed by atoms with Crippen molar-refractivity contribution in [3.05, 3.63) is 47.8 Å². The number of piperidine rings is 1. The van der Waals surface area contributed by atoms with Crippen LogP contribution in [0, 0.1) is 0 Å². The topological polar surface area (TPSA) is 68.1 Å². The zero-order valence-corrected chi connectivity index (χ0v) is 19.8. The maximum absolute atomic E-state index is 13.2. The van der Waals surface area contributed by atoms with Crippen molar-refractivity contribution in [1.29, 1.82) is 0 Å². The van der Waals surface area contributed by atoms with Crippen molar-refractivity contribution in [2.24, 2.45) is 0 Å². The summed E-state index contributed by atoms with van der Waals surface area (Å²) < 4.78 is 38.6. The second kappa shape index (κ2) is 10.2. The van der Waals surface area contributed by atoms with Crippen LogP contribution in [0.2, 0.25) is 0 Å². The van der Waals surface area contributed by atoms with Gasteiger partial charge in [0.15, 0.2) is 0 Å². The Bertz CT molecular complexity index is 1200. The number of halogens is 2. The normalized spacial score (nSPS) is 16.6. The van der Waals surface area contributed by atoms with Crippen LogP contribution in [-0.2, 0) is 6.42 Å². The summed E-state index contributed by atoms with van der Waals surface area (Å²) in [4.78, 5) is 19.8. The third-order valence-corrected chi connectivity index (χ3v) is 6.68. The Morgan fingerprint density at radius 2 is 1.94 bits per heavy atom. The Hall–Kier alpha value is -3.20. The fraction of sp³-hybridized carbons (Fsp3) is 0.462. The minimum absolute atomic E-state index is 0.0303. The smallest absolute Gasteiger partial charge is 0.387 e. The number of nitrogens with one attached hydrogen (secondary N) is 1. The number of aromatic nitrogens is 2. The van der Waals surface area contributed by atoms with E-state index in [1.54, 1.807) is 12.3 Å². The number of ether oxygens (including phenoxy) is 2. The summed E-state index contributed by atoms with van der Waals surface area (Å²) in [6.07, 6.45) is 10.2. The number of alkyl halides is 2. The van der Waals surface area contributed by atoms with Gasteiger partial charge in [0.2, 0.25) is 0 Å². The lowest BCUT2D eigenvalue weighted by atomic mass is 10.1.